The Labute approximate surface area is 116 Å². The van der Waals surface area contributed by atoms with Gasteiger partial charge >= 0.3 is 0 Å². The molecule has 4 nitrogen and oxygen atoms in total. The number of hydrogen-bond acceptors (Lipinski definition) is 3. The number of nitrogens with zero attached hydrogens (tertiary/aromatic N) is 1. The normalized spacial score (nSPS) is 12.2. The van der Waals surface area contributed by atoms with Crippen LogP contribution in [0, 0.1) is 6.92 Å². The summed E-state index contributed by atoms with van der Waals surface area (Å²) in [6.07, 6.45) is 3.38. The minimum absolute atomic E-state index is 0.0590. The van der Waals surface area contributed by atoms with Crippen molar-refractivity contribution in [3.05, 3.63) is 29.6 Å². The Morgan fingerprint density at radius 2 is 2.16 bits per heavy atom. The first kappa shape index (κ1) is 15.6. The molecule has 0 radical (unpaired) electrons. The standard InChI is InChI=1S/C15H25N3O/c1-4-5-6-10-16-15(19)13(3)17-11-14-9-7-8-12(2)18-14/h7-9,13,17H,4-6,10-11H2,1-3H3,(H,16,19). The molecule has 1 atom stereocenters. The van der Waals surface area contributed by atoms with E-state index in [-0.39, 0.29) is 11.9 Å². The van der Waals surface area contributed by atoms with Crippen molar-refractivity contribution in [2.24, 2.45) is 0 Å². The van der Waals surface area contributed by atoms with E-state index in [4.69, 9.17) is 0 Å². The predicted molar refractivity (Wildman–Crippen MR) is 77.8 cm³/mol. The van der Waals surface area contributed by atoms with E-state index in [0.717, 1.165) is 30.8 Å². The number of amides is 1. The smallest absolute Gasteiger partial charge is 0.236 e. The lowest BCUT2D eigenvalue weighted by molar-refractivity contribution is -0.122. The quantitative estimate of drug-likeness (QED) is 0.707. The lowest BCUT2D eigenvalue weighted by Gasteiger charge is -2.13. The van der Waals surface area contributed by atoms with Crippen LogP contribution in [0.25, 0.3) is 0 Å². The average Bonchev–Trinajstić information content (AvgIpc) is 2.41. The van der Waals surface area contributed by atoms with Crippen molar-refractivity contribution in [3.8, 4) is 0 Å². The van der Waals surface area contributed by atoms with Crippen molar-refractivity contribution in [1.82, 2.24) is 15.6 Å². The summed E-state index contributed by atoms with van der Waals surface area (Å²) >= 11 is 0. The maximum atomic E-state index is 11.8. The third kappa shape index (κ3) is 6.34. The molecule has 0 aliphatic carbocycles. The van der Waals surface area contributed by atoms with Gasteiger partial charge in [0.05, 0.1) is 11.7 Å². The van der Waals surface area contributed by atoms with Gasteiger partial charge in [-0.1, -0.05) is 25.8 Å². The highest BCUT2D eigenvalue weighted by atomic mass is 16.2. The van der Waals surface area contributed by atoms with E-state index in [1.165, 1.54) is 6.42 Å². The maximum Gasteiger partial charge on any atom is 0.236 e. The molecule has 1 heterocycles. The summed E-state index contributed by atoms with van der Waals surface area (Å²) in [6.45, 7) is 7.38. The van der Waals surface area contributed by atoms with E-state index in [9.17, 15) is 4.79 Å². The number of aryl methyl sites for hydroxylation is 1. The number of rotatable bonds is 8. The Morgan fingerprint density at radius 1 is 1.37 bits per heavy atom. The van der Waals surface area contributed by atoms with Gasteiger partial charge in [0.25, 0.3) is 0 Å². The van der Waals surface area contributed by atoms with Crippen molar-refractivity contribution >= 4 is 5.91 Å². The zero-order valence-corrected chi connectivity index (χ0v) is 12.2. The van der Waals surface area contributed by atoms with Crippen molar-refractivity contribution in [2.45, 2.75) is 52.6 Å². The highest BCUT2D eigenvalue weighted by Crippen LogP contribution is 1.98. The SMILES string of the molecule is CCCCCNC(=O)C(C)NCc1cccc(C)n1. The number of pyridine rings is 1. The summed E-state index contributed by atoms with van der Waals surface area (Å²) in [5.74, 6) is 0.0590. The van der Waals surface area contributed by atoms with Crippen LogP contribution < -0.4 is 10.6 Å². The third-order valence-corrected chi connectivity index (χ3v) is 3.01. The second-order valence-corrected chi connectivity index (χ2v) is 4.87. The largest absolute Gasteiger partial charge is 0.355 e. The molecule has 106 valence electrons. The van der Waals surface area contributed by atoms with Crippen LogP contribution in [0.3, 0.4) is 0 Å². The lowest BCUT2D eigenvalue weighted by atomic mass is 10.2. The average molecular weight is 263 g/mol. The van der Waals surface area contributed by atoms with E-state index in [2.05, 4.69) is 22.5 Å². The monoisotopic (exact) mass is 263 g/mol. The lowest BCUT2D eigenvalue weighted by Crippen LogP contribution is -2.42. The molecule has 1 aromatic rings. The van der Waals surface area contributed by atoms with Gasteiger partial charge in [0.15, 0.2) is 0 Å². The highest BCUT2D eigenvalue weighted by Gasteiger charge is 2.11. The molecule has 2 N–H and O–H groups in total. The molecule has 0 aromatic carbocycles. The van der Waals surface area contributed by atoms with Gasteiger partial charge in [-0.2, -0.15) is 0 Å². The second kappa shape index (κ2) is 8.64. The molecule has 0 spiro atoms. The topological polar surface area (TPSA) is 54.0 Å². The van der Waals surface area contributed by atoms with Gasteiger partial charge in [-0.15, -0.1) is 0 Å². The Bertz CT molecular complexity index is 393. The molecule has 4 heteroatoms. The molecule has 0 saturated heterocycles. The summed E-state index contributed by atoms with van der Waals surface area (Å²) in [7, 11) is 0. The summed E-state index contributed by atoms with van der Waals surface area (Å²) in [5, 5.41) is 6.14. The molecule has 0 aliphatic rings. The van der Waals surface area contributed by atoms with Gasteiger partial charge in [0, 0.05) is 18.8 Å². The van der Waals surface area contributed by atoms with E-state index in [0.29, 0.717) is 6.54 Å². The number of hydrogen-bond donors (Lipinski definition) is 2. The highest BCUT2D eigenvalue weighted by molar-refractivity contribution is 5.81. The van der Waals surface area contributed by atoms with Crippen LogP contribution in [0.4, 0.5) is 0 Å². The number of aromatic nitrogens is 1. The summed E-state index contributed by atoms with van der Waals surface area (Å²) in [4.78, 5) is 16.2. The van der Waals surface area contributed by atoms with Gasteiger partial charge in [-0.05, 0) is 32.4 Å². The number of carbonyl (C=O) groups is 1. The van der Waals surface area contributed by atoms with Crippen LogP contribution in [0.1, 0.15) is 44.5 Å². The summed E-state index contributed by atoms with van der Waals surface area (Å²) < 4.78 is 0. The first-order chi connectivity index (χ1) is 9.13. The molecule has 1 aromatic heterocycles. The number of unbranched alkanes of at least 4 members (excludes halogenated alkanes) is 2. The minimum Gasteiger partial charge on any atom is -0.355 e. The van der Waals surface area contributed by atoms with Crippen molar-refractivity contribution in [2.75, 3.05) is 6.54 Å². The van der Waals surface area contributed by atoms with E-state index in [1.807, 2.05) is 32.0 Å². The first-order valence-electron chi connectivity index (χ1n) is 7.07. The van der Waals surface area contributed by atoms with Crippen LogP contribution in [0.2, 0.25) is 0 Å². The second-order valence-electron chi connectivity index (χ2n) is 4.87. The summed E-state index contributed by atoms with van der Waals surface area (Å²) in [6, 6.07) is 5.72. The third-order valence-electron chi connectivity index (χ3n) is 3.01. The fourth-order valence-electron chi connectivity index (χ4n) is 1.79. The fraction of sp³-hybridized carbons (Fsp3) is 0.600. The van der Waals surface area contributed by atoms with Gasteiger partial charge in [0.2, 0.25) is 5.91 Å². The van der Waals surface area contributed by atoms with E-state index >= 15 is 0 Å². The van der Waals surface area contributed by atoms with Crippen LogP contribution in [-0.4, -0.2) is 23.5 Å². The van der Waals surface area contributed by atoms with Gasteiger partial charge in [-0.3, -0.25) is 9.78 Å². The van der Waals surface area contributed by atoms with Crippen molar-refractivity contribution < 1.29 is 4.79 Å². The van der Waals surface area contributed by atoms with Crippen LogP contribution >= 0.6 is 0 Å². The van der Waals surface area contributed by atoms with Crippen molar-refractivity contribution in [3.63, 3.8) is 0 Å². The Morgan fingerprint density at radius 3 is 2.84 bits per heavy atom. The zero-order valence-electron chi connectivity index (χ0n) is 12.2. The van der Waals surface area contributed by atoms with Crippen LogP contribution in [-0.2, 0) is 11.3 Å². The molecular formula is C15H25N3O. The molecule has 0 aliphatic heterocycles. The van der Waals surface area contributed by atoms with E-state index < -0.39 is 0 Å². The van der Waals surface area contributed by atoms with Crippen LogP contribution in [0.15, 0.2) is 18.2 Å². The maximum absolute atomic E-state index is 11.8. The van der Waals surface area contributed by atoms with Gasteiger partial charge in [0.1, 0.15) is 0 Å². The molecule has 0 saturated carbocycles. The van der Waals surface area contributed by atoms with Gasteiger partial charge < -0.3 is 10.6 Å². The van der Waals surface area contributed by atoms with Crippen molar-refractivity contribution in [1.29, 1.82) is 0 Å². The molecule has 1 amide bonds. The predicted octanol–water partition coefficient (Wildman–Crippen LogP) is 2.17. The van der Waals surface area contributed by atoms with E-state index in [1.54, 1.807) is 0 Å². The minimum atomic E-state index is -0.191. The molecule has 0 bridgehead atoms. The summed E-state index contributed by atoms with van der Waals surface area (Å²) in [5.41, 5.74) is 1.96. The Kier molecular flexibility index (Phi) is 7.11. The van der Waals surface area contributed by atoms with Crippen LogP contribution in [0.5, 0.6) is 0 Å². The number of nitrogens with one attached hydrogen (secondary N) is 2. The van der Waals surface area contributed by atoms with Gasteiger partial charge in [-0.25, -0.2) is 0 Å². The Hall–Kier alpha value is -1.42. The Balaban J connectivity index is 2.26. The molecule has 1 rings (SSSR count). The number of carbonyl (C=O) groups excluding carboxylic acids is 1. The molecule has 0 fully saturated rings. The molecule has 1 unspecified atom stereocenters. The molecular weight excluding hydrogens is 238 g/mol. The first-order valence-corrected chi connectivity index (χ1v) is 7.07. The molecule has 19 heavy (non-hydrogen) atoms. The fourth-order valence-corrected chi connectivity index (χ4v) is 1.79. The zero-order chi connectivity index (χ0) is 14.1.